The molecule has 0 aromatic heterocycles. The molecule has 7 atom stereocenters. The third-order valence-electron chi connectivity index (χ3n) is 10.3. The Morgan fingerprint density at radius 3 is 2.52 bits per heavy atom. The predicted molar refractivity (Wildman–Crippen MR) is 130 cm³/mol. The minimum Gasteiger partial charge on any atom is -0.350 e. The molecular weight excluding hydrogens is 402 g/mol. The third-order valence-corrected chi connectivity index (χ3v) is 11.7. The van der Waals surface area contributed by atoms with Crippen molar-refractivity contribution in [1.29, 1.82) is 0 Å². The van der Waals surface area contributed by atoms with Crippen LogP contribution in [-0.2, 0) is 9.59 Å². The first-order valence-electron chi connectivity index (χ1n) is 12.9. The average molecular weight is 446 g/mol. The monoisotopic (exact) mass is 445 g/mol. The van der Waals surface area contributed by atoms with Crippen molar-refractivity contribution >= 4 is 22.8 Å². The van der Waals surface area contributed by atoms with Crippen LogP contribution < -0.4 is 5.32 Å². The molecule has 3 fully saturated rings. The van der Waals surface area contributed by atoms with Gasteiger partial charge in [0, 0.05) is 22.1 Å². The van der Waals surface area contributed by atoms with E-state index in [-0.39, 0.29) is 27.4 Å². The zero-order valence-electron chi connectivity index (χ0n) is 20.3. The molecule has 0 unspecified atom stereocenters. The lowest BCUT2D eigenvalue weighted by Gasteiger charge is -2.58. The lowest BCUT2D eigenvalue weighted by Crippen LogP contribution is -2.56. The van der Waals surface area contributed by atoms with Gasteiger partial charge in [0.1, 0.15) is 0 Å². The summed E-state index contributed by atoms with van der Waals surface area (Å²) in [6.07, 6.45) is 15.3. The summed E-state index contributed by atoms with van der Waals surface area (Å²) in [4.78, 5) is 25.7. The van der Waals surface area contributed by atoms with E-state index in [2.05, 4.69) is 46.0 Å². The first-order chi connectivity index (χ1) is 14.7. The Morgan fingerprint density at radius 1 is 1.10 bits per heavy atom. The number of hydrogen-bond acceptors (Lipinski definition) is 3. The Balaban J connectivity index is 1.54. The number of amides is 1. The number of thioether (sulfide) groups is 1. The van der Waals surface area contributed by atoms with E-state index >= 15 is 0 Å². The van der Waals surface area contributed by atoms with Crippen LogP contribution in [-0.4, -0.2) is 21.8 Å². The van der Waals surface area contributed by atoms with Gasteiger partial charge in [0.15, 0.2) is 0 Å². The van der Waals surface area contributed by atoms with Crippen LogP contribution in [0.25, 0.3) is 0 Å². The first-order valence-corrected chi connectivity index (χ1v) is 13.8. The van der Waals surface area contributed by atoms with E-state index < -0.39 is 0 Å². The Bertz CT molecular complexity index is 744. The quantitative estimate of drug-likeness (QED) is 0.506. The van der Waals surface area contributed by atoms with Crippen LogP contribution in [0, 0.1) is 34.5 Å². The fourth-order valence-electron chi connectivity index (χ4n) is 8.30. The molecule has 31 heavy (non-hydrogen) atoms. The molecule has 4 aliphatic rings. The second kappa shape index (κ2) is 8.54. The van der Waals surface area contributed by atoms with Gasteiger partial charge in [0.2, 0.25) is 11.0 Å². The summed E-state index contributed by atoms with van der Waals surface area (Å²) in [7, 11) is 0. The summed E-state index contributed by atoms with van der Waals surface area (Å²) in [5, 5.41) is 4.25. The van der Waals surface area contributed by atoms with Crippen LogP contribution in [0.15, 0.2) is 12.2 Å². The molecule has 1 N–H and O–H groups in total. The molecular formula is C27H43NO2S. The maximum Gasteiger partial charge on any atom is 0.224 e. The van der Waals surface area contributed by atoms with Crippen molar-refractivity contribution in [2.75, 3.05) is 0 Å². The molecule has 0 aromatic carbocycles. The van der Waals surface area contributed by atoms with Gasteiger partial charge in [-0.25, -0.2) is 0 Å². The lowest BCUT2D eigenvalue weighted by molar-refractivity contribution is -0.134. The summed E-state index contributed by atoms with van der Waals surface area (Å²) in [6.45, 7) is 11.5. The zero-order chi connectivity index (χ0) is 22.4. The number of carbonyl (C=O) groups is 2. The standard InChI is InChI=1S/C27H43NO2S/c1-6-15-27(7-2,8-3)28-24(30)21-11-10-19-18-9-12-22-26(5,17-14-23(29)31-22)20(18)13-16-25(19,21)4/h14,17-22H,6-13,15-16H2,1-5H3,(H,28,30)/t18-,19-,20-,21+,22+,25-,26+/m0/s1. The third kappa shape index (κ3) is 3.73. The number of hydrogen-bond donors (Lipinski definition) is 1. The van der Waals surface area contributed by atoms with Crippen molar-refractivity contribution in [1.82, 2.24) is 5.32 Å². The van der Waals surface area contributed by atoms with E-state index in [4.69, 9.17) is 0 Å². The normalized spacial score (nSPS) is 42.0. The van der Waals surface area contributed by atoms with Crippen LogP contribution in [0.5, 0.6) is 0 Å². The molecule has 3 saturated carbocycles. The van der Waals surface area contributed by atoms with Gasteiger partial charge in [-0.3, -0.25) is 9.59 Å². The van der Waals surface area contributed by atoms with E-state index in [1.807, 2.05) is 6.08 Å². The molecule has 3 nitrogen and oxygen atoms in total. The molecule has 1 amide bonds. The van der Waals surface area contributed by atoms with Crippen molar-refractivity contribution in [3.8, 4) is 0 Å². The highest BCUT2D eigenvalue weighted by atomic mass is 32.2. The van der Waals surface area contributed by atoms with Crippen LogP contribution in [0.2, 0.25) is 0 Å². The van der Waals surface area contributed by atoms with Gasteiger partial charge in [-0.1, -0.05) is 58.9 Å². The Labute approximate surface area is 194 Å². The molecule has 0 saturated heterocycles. The van der Waals surface area contributed by atoms with Gasteiger partial charge in [0.05, 0.1) is 0 Å². The molecule has 1 aliphatic heterocycles. The Kier molecular flexibility index (Phi) is 6.44. The molecule has 0 bridgehead atoms. The van der Waals surface area contributed by atoms with E-state index in [9.17, 15) is 9.59 Å². The highest BCUT2D eigenvalue weighted by molar-refractivity contribution is 8.14. The number of rotatable bonds is 6. The zero-order valence-corrected chi connectivity index (χ0v) is 21.2. The second-order valence-corrected chi connectivity index (χ2v) is 12.7. The molecule has 0 spiro atoms. The van der Waals surface area contributed by atoms with Crippen LogP contribution in [0.1, 0.15) is 98.8 Å². The van der Waals surface area contributed by atoms with Gasteiger partial charge in [-0.2, -0.15) is 0 Å². The molecule has 174 valence electrons. The molecule has 3 aliphatic carbocycles. The summed E-state index contributed by atoms with van der Waals surface area (Å²) in [6, 6.07) is 0. The van der Waals surface area contributed by atoms with Gasteiger partial charge in [0.25, 0.3) is 0 Å². The summed E-state index contributed by atoms with van der Waals surface area (Å²) in [5.74, 6) is 2.51. The van der Waals surface area contributed by atoms with Gasteiger partial charge in [-0.05, 0) is 87.0 Å². The SMILES string of the molecule is CCCC(CC)(CC)NC(=O)[C@H]1CC[C@H]2[C@@H]3CC[C@H]4SC(=O)C=C[C@]4(C)[C@H]3CC[C@]12C. The summed E-state index contributed by atoms with van der Waals surface area (Å²) in [5.41, 5.74) is 0.249. The van der Waals surface area contributed by atoms with Crippen molar-refractivity contribution in [3.63, 3.8) is 0 Å². The smallest absolute Gasteiger partial charge is 0.224 e. The van der Waals surface area contributed by atoms with Crippen molar-refractivity contribution < 1.29 is 9.59 Å². The van der Waals surface area contributed by atoms with Gasteiger partial charge >= 0.3 is 0 Å². The minimum absolute atomic E-state index is 0.0281. The number of allylic oxidation sites excluding steroid dienone is 1. The van der Waals surface area contributed by atoms with Gasteiger partial charge in [-0.15, -0.1) is 0 Å². The summed E-state index contributed by atoms with van der Waals surface area (Å²) >= 11 is 1.58. The largest absolute Gasteiger partial charge is 0.350 e. The minimum atomic E-state index is -0.0281. The summed E-state index contributed by atoms with van der Waals surface area (Å²) < 4.78 is 0. The fourth-order valence-corrected chi connectivity index (χ4v) is 9.49. The second-order valence-electron chi connectivity index (χ2n) is 11.5. The van der Waals surface area contributed by atoms with Crippen molar-refractivity contribution in [3.05, 3.63) is 12.2 Å². The number of carbonyl (C=O) groups excluding carboxylic acids is 2. The first kappa shape index (κ1) is 23.4. The Hall–Kier alpha value is -0.770. The number of fused-ring (bicyclic) bond motifs is 5. The predicted octanol–water partition coefficient (Wildman–Crippen LogP) is 6.52. The lowest BCUT2D eigenvalue weighted by atomic mass is 9.49. The van der Waals surface area contributed by atoms with Crippen LogP contribution in [0.4, 0.5) is 0 Å². The van der Waals surface area contributed by atoms with E-state index in [1.165, 1.54) is 19.3 Å². The van der Waals surface area contributed by atoms with Crippen molar-refractivity contribution in [2.45, 2.75) is 110 Å². The van der Waals surface area contributed by atoms with E-state index in [0.29, 0.717) is 28.9 Å². The highest BCUT2D eigenvalue weighted by Gasteiger charge is 2.61. The maximum absolute atomic E-state index is 13.6. The van der Waals surface area contributed by atoms with Gasteiger partial charge < -0.3 is 5.32 Å². The van der Waals surface area contributed by atoms with Crippen molar-refractivity contribution in [2.24, 2.45) is 34.5 Å². The van der Waals surface area contributed by atoms with E-state index in [0.717, 1.165) is 44.9 Å². The Morgan fingerprint density at radius 2 is 1.84 bits per heavy atom. The van der Waals surface area contributed by atoms with Crippen LogP contribution >= 0.6 is 11.8 Å². The fraction of sp³-hybridized carbons (Fsp3) is 0.852. The molecule has 4 heteroatoms. The van der Waals surface area contributed by atoms with Crippen LogP contribution in [0.3, 0.4) is 0 Å². The molecule has 1 heterocycles. The topological polar surface area (TPSA) is 46.2 Å². The average Bonchev–Trinajstić information content (AvgIpc) is 3.11. The number of nitrogens with one attached hydrogen (secondary N) is 1. The molecule has 4 rings (SSSR count). The maximum atomic E-state index is 13.6. The highest BCUT2D eigenvalue weighted by Crippen LogP contribution is 2.66. The molecule has 0 radical (unpaired) electrons. The molecule has 0 aromatic rings. The van der Waals surface area contributed by atoms with E-state index in [1.54, 1.807) is 11.8 Å².